The third-order valence-electron chi connectivity index (χ3n) is 1.52. The Balaban J connectivity index is 2.78. The molecule has 1 rings (SSSR count). The highest BCUT2D eigenvalue weighted by molar-refractivity contribution is 9.10. The number of anilines is 1. The molecule has 0 spiro atoms. The molecule has 4 heteroatoms. The topological polar surface area (TPSA) is 45.0 Å². The van der Waals surface area contributed by atoms with Crippen LogP contribution < -0.4 is 10.1 Å². The zero-order valence-electron chi connectivity index (χ0n) is 7.17. The summed E-state index contributed by atoms with van der Waals surface area (Å²) in [6.45, 7) is 0.304. The smallest absolute Gasteiger partial charge is 0.133 e. The minimum atomic E-state index is 0.304. The highest BCUT2D eigenvalue weighted by atomic mass is 79.9. The zero-order valence-corrected chi connectivity index (χ0v) is 8.76. The lowest BCUT2D eigenvalue weighted by Gasteiger charge is -2.06. The number of ether oxygens (including phenoxy) is 1. The van der Waals surface area contributed by atoms with Crippen LogP contribution in [0.2, 0.25) is 0 Å². The fraction of sp³-hybridized carbons (Fsp3) is 0.222. The van der Waals surface area contributed by atoms with Gasteiger partial charge in [-0.1, -0.05) is 0 Å². The molecule has 68 valence electrons. The van der Waals surface area contributed by atoms with Gasteiger partial charge in [0.15, 0.2) is 0 Å². The molecule has 0 aromatic heterocycles. The summed E-state index contributed by atoms with van der Waals surface area (Å²) < 4.78 is 5.94. The summed E-state index contributed by atoms with van der Waals surface area (Å²) in [6, 6.07) is 7.58. The second kappa shape index (κ2) is 4.73. The van der Waals surface area contributed by atoms with Crippen molar-refractivity contribution in [3.05, 3.63) is 22.7 Å². The highest BCUT2D eigenvalue weighted by Crippen LogP contribution is 2.27. The van der Waals surface area contributed by atoms with Gasteiger partial charge < -0.3 is 10.1 Å². The van der Waals surface area contributed by atoms with Crippen LogP contribution in [0.5, 0.6) is 5.75 Å². The Morgan fingerprint density at radius 3 is 2.92 bits per heavy atom. The quantitative estimate of drug-likeness (QED) is 0.826. The average Bonchev–Trinajstić information content (AvgIpc) is 2.15. The molecular formula is C9H9BrN2O. The van der Waals surface area contributed by atoms with Crippen LogP contribution in [0.15, 0.2) is 22.7 Å². The van der Waals surface area contributed by atoms with Gasteiger partial charge in [0.2, 0.25) is 0 Å². The molecule has 0 amide bonds. The summed E-state index contributed by atoms with van der Waals surface area (Å²) in [5.41, 5.74) is 0.897. The van der Waals surface area contributed by atoms with Crippen LogP contribution in [0.4, 0.5) is 5.69 Å². The van der Waals surface area contributed by atoms with E-state index in [2.05, 4.69) is 21.2 Å². The number of nitrogens with zero attached hydrogens (tertiary/aromatic N) is 1. The molecule has 0 unspecified atom stereocenters. The van der Waals surface area contributed by atoms with Gasteiger partial charge in [0.1, 0.15) is 12.3 Å². The second-order valence-corrected chi connectivity index (χ2v) is 3.22. The largest absolute Gasteiger partial charge is 0.496 e. The van der Waals surface area contributed by atoms with Crippen molar-refractivity contribution in [2.75, 3.05) is 19.0 Å². The maximum atomic E-state index is 8.35. The molecule has 1 aromatic carbocycles. The van der Waals surface area contributed by atoms with E-state index in [-0.39, 0.29) is 0 Å². The molecule has 0 heterocycles. The van der Waals surface area contributed by atoms with Crippen molar-refractivity contribution in [3.63, 3.8) is 0 Å². The fourth-order valence-corrected chi connectivity index (χ4v) is 1.46. The Hall–Kier alpha value is -1.21. The van der Waals surface area contributed by atoms with E-state index in [1.165, 1.54) is 0 Å². The normalized spacial score (nSPS) is 9.00. The highest BCUT2D eigenvalue weighted by Gasteiger charge is 1.99. The van der Waals surface area contributed by atoms with Crippen molar-refractivity contribution in [1.82, 2.24) is 0 Å². The van der Waals surface area contributed by atoms with Gasteiger partial charge in [0, 0.05) is 5.69 Å². The van der Waals surface area contributed by atoms with E-state index in [9.17, 15) is 0 Å². The molecule has 0 saturated heterocycles. The first-order valence-electron chi connectivity index (χ1n) is 3.72. The number of rotatable bonds is 3. The van der Waals surface area contributed by atoms with Gasteiger partial charge in [-0.15, -0.1) is 0 Å². The lowest BCUT2D eigenvalue weighted by molar-refractivity contribution is 0.412. The van der Waals surface area contributed by atoms with Crippen LogP contribution in [0.1, 0.15) is 0 Å². The maximum Gasteiger partial charge on any atom is 0.133 e. The monoisotopic (exact) mass is 240 g/mol. The van der Waals surface area contributed by atoms with Crippen molar-refractivity contribution in [3.8, 4) is 11.8 Å². The minimum absolute atomic E-state index is 0.304. The van der Waals surface area contributed by atoms with Gasteiger partial charge in [-0.3, -0.25) is 0 Å². The summed E-state index contributed by atoms with van der Waals surface area (Å²) in [4.78, 5) is 0. The summed E-state index contributed by atoms with van der Waals surface area (Å²) in [7, 11) is 1.61. The molecule has 1 aromatic rings. The van der Waals surface area contributed by atoms with Gasteiger partial charge in [0.05, 0.1) is 17.7 Å². The van der Waals surface area contributed by atoms with E-state index >= 15 is 0 Å². The predicted molar refractivity (Wildman–Crippen MR) is 54.8 cm³/mol. The number of hydrogen-bond acceptors (Lipinski definition) is 3. The Kier molecular flexibility index (Phi) is 3.59. The van der Waals surface area contributed by atoms with Gasteiger partial charge in [-0.25, -0.2) is 0 Å². The van der Waals surface area contributed by atoms with E-state index in [1.54, 1.807) is 7.11 Å². The van der Waals surface area contributed by atoms with Crippen molar-refractivity contribution in [2.24, 2.45) is 0 Å². The molecule has 3 nitrogen and oxygen atoms in total. The third kappa shape index (κ3) is 2.63. The SMILES string of the molecule is COc1ccc(NCC#N)cc1Br. The molecule has 0 aliphatic carbocycles. The second-order valence-electron chi connectivity index (χ2n) is 2.36. The van der Waals surface area contributed by atoms with Crippen LogP contribution in [0, 0.1) is 11.3 Å². The van der Waals surface area contributed by atoms with Crippen LogP contribution in [-0.2, 0) is 0 Å². The molecule has 13 heavy (non-hydrogen) atoms. The van der Waals surface area contributed by atoms with E-state index in [0.29, 0.717) is 6.54 Å². The molecule has 0 bridgehead atoms. The van der Waals surface area contributed by atoms with Gasteiger partial charge >= 0.3 is 0 Å². The number of nitriles is 1. The number of methoxy groups -OCH3 is 1. The van der Waals surface area contributed by atoms with Crippen LogP contribution in [0.3, 0.4) is 0 Å². The standard InChI is InChI=1S/C9H9BrN2O/c1-13-9-3-2-7(6-8(9)10)12-5-4-11/h2-3,6,12H,5H2,1H3. The molecule has 0 radical (unpaired) electrons. The number of hydrogen-bond donors (Lipinski definition) is 1. The third-order valence-corrected chi connectivity index (χ3v) is 2.14. The first-order valence-corrected chi connectivity index (χ1v) is 4.51. The first-order chi connectivity index (χ1) is 6.27. The first kappa shape index (κ1) is 9.87. The summed E-state index contributed by atoms with van der Waals surface area (Å²) in [5.74, 6) is 0.780. The van der Waals surface area contributed by atoms with Gasteiger partial charge in [-0.2, -0.15) is 5.26 Å². The van der Waals surface area contributed by atoms with Crippen LogP contribution in [0.25, 0.3) is 0 Å². The zero-order chi connectivity index (χ0) is 9.68. The lowest BCUT2D eigenvalue weighted by atomic mass is 10.3. The van der Waals surface area contributed by atoms with Gasteiger partial charge in [-0.05, 0) is 34.1 Å². The van der Waals surface area contributed by atoms with Crippen molar-refractivity contribution >= 4 is 21.6 Å². The number of benzene rings is 1. The molecule has 0 aliphatic rings. The minimum Gasteiger partial charge on any atom is -0.496 e. The van der Waals surface area contributed by atoms with E-state index < -0.39 is 0 Å². The number of halogens is 1. The molecule has 0 atom stereocenters. The van der Waals surface area contributed by atoms with E-state index in [4.69, 9.17) is 10.00 Å². The molecule has 0 fully saturated rings. The van der Waals surface area contributed by atoms with Crippen LogP contribution >= 0.6 is 15.9 Å². The van der Waals surface area contributed by atoms with E-state index in [0.717, 1.165) is 15.9 Å². The van der Waals surface area contributed by atoms with Crippen LogP contribution in [-0.4, -0.2) is 13.7 Å². The van der Waals surface area contributed by atoms with E-state index in [1.807, 2.05) is 24.3 Å². The summed E-state index contributed by atoms with van der Waals surface area (Å²) >= 11 is 3.35. The Morgan fingerprint density at radius 1 is 1.62 bits per heavy atom. The maximum absolute atomic E-state index is 8.35. The Labute approximate surface area is 85.4 Å². The van der Waals surface area contributed by atoms with Crippen molar-refractivity contribution in [2.45, 2.75) is 0 Å². The fourth-order valence-electron chi connectivity index (χ4n) is 0.918. The van der Waals surface area contributed by atoms with Crippen molar-refractivity contribution < 1.29 is 4.74 Å². The molecule has 0 saturated carbocycles. The molecule has 1 N–H and O–H groups in total. The molecule has 0 aliphatic heterocycles. The number of nitrogens with one attached hydrogen (secondary N) is 1. The lowest BCUT2D eigenvalue weighted by Crippen LogP contribution is -1.98. The van der Waals surface area contributed by atoms with Gasteiger partial charge in [0.25, 0.3) is 0 Å². The Morgan fingerprint density at radius 2 is 2.38 bits per heavy atom. The Bertz CT molecular complexity index is 333. The summed E-state index contributed by atoms with van der Waals surface area (Å²) in [6.07, 6.45) is 0. The van der Waals surface area contributed by atoms with Crippen molar-refractivity contribution in [1.29, 1.82) is 5.26 Å². The average molecular weight is 241 g/mol. The molecular weight excluding hydrogens is 232 g/mol. The summed E-state index contributed by atoms with van der Waals surface area (Å²) in [5, 5.41) is 11.3. The predicted octanol–water partition coefficient (Wildman–Crippen LogP) is 2.39.